The summed E-state index contributed by atoms with van der Waals surface area (Å²) in [6, 6.07) is 13.7. The first-order valence-electron chi connectivity index (χ1n) is 10.2. The van der Waals surface area contributed by atoms with Crippen molar-refractivity contribution < 1.29 is 4.74 Å². The molecule has 0 saturated carbocycles. The van der Waals surface area contributed by atoms with E-state index in [2.05, 4.69) is 82.5 Å². The Hall–Kier alpha value is -1.80. The second-order valence-corrected chi connectivity index (χ2v) is 9.61. The molecule has 0 N–H and O–H groups in total. The predicted molar refractivity (Wildman–Crippen MR) is 118 cm³/mol. The van der Waals surface area contributed by atoms with Crippen LogP contribution >= 0.6 is 0 Å². The van der Waals surface area contributed by atoms with E-state index < -0.39 is 0 Å². The van der Waals surface area contributed by atoms with Gasteiger partial charge in [-0.2, -0.15) is 0 Å². The van der Waals surface area contributed by atoms with Crippen LogP contribution in [0.2, 0.25) is 0 Å². The summed E-state index contributed by atoms with van der Waals surface area (Å²) in [5, 5.41) is 2.76. The van der Waals surface area contributed by atoms with E-state index in [4.69, 9.17) is 4.74 Å². The molecule has 2 nitrogen and oxygen atoms in total. The van der Waals surface area contributed by atoms with E-state index in [0.29, 0.717) is 0 Å². The maximum atomic E-state index is 5.59. The second kappa shape index (κ2) is 7.31. The third-order valence-electron chi connectivity index (χ3n) is 5.95. The van der Waals surface area contributed by atoms with Crippen molar-refractivity contribution in [2.45, 2.75) is 73.0 Å². The van der Waals surface area contributed by atoms with Crippen LogP contribution in [0.4, 0.5) is 0 Å². The van der Waals surface area contributed by atoms with E-state index in [-0.39, 0.29) is 11.0 Å². The van der Waals surface area contributed by atoms with Crippen LogP contribution in [0.5, 0.6) is 0 Å². The number of ether oxygens (including phenoxy) is 1. The van der Waals surface area contributed by atoms with Crippen LogP contribution in [-0.4, -0.2) is 17.3 Å². The highest BCUT2D eigenvalue weighted by molar-refractivity contribution is 6.08. The van der Waals surface area contributed by atoms with Gasteiger partial charge in [0.1, 0.15) is 0 Å². The summed E-state index contributed by atoms with van der Waals surface area (Å²) in [5.74, 6) is 0. The molecule has 2 heteroatoms. The third-order valence-corrected chi connectivity index (χ3v) is 5.95. The minimum atomic E-state index is -0.0298. The highest BCUT2D eigenvalue weighted by Crippen LogP contribution is 2.35. The lowest BCUT2D eigenvalue weighted by Crippen LogP contribution is -2.24. The summed E-state index contributed by atoms with van der Waals surface area (Å²) >= 11 is 0. The molecule has 0 atom stereocenters. The number of nitrogens with zero attached hydrogens (tertiary/aromatic N) is 1. The Kier molecular flexibility index (Phi) is 5.40. The maximum Gasteiger partial charge on any atom is 0.0622 e. The zero-order valence-corrected chi connectivity index (χ0v) is 18.1. The number of aryl methyl sites for hydroxylation is 2. The van der Waals surface area contributed by atoms with Gasteiger partial charge in [0.2, 0.25) is 0 Å². The van der Waals surface area contributed by atoms with Crippen molar-refractivity contribution >= 4 is 21.8 Å². The first kappa shape index (κ1) is 19.9. The van der Waals surface area contributed by atoms with Crippen LogP contribution in [0.25, 0.3) is 21.8 Å². The summed E-state index contributed by atoms with van der Waals surface area (Å²) in [6.07, 6.45) is 3.47. The van der Waals surface area contributed by atoms with Crippen LogP contribution in [-0.2, 0) is 11.3 Å². The molecule has 1 heterocycles. The van der Waals surface area contributed by atoms with E-state index >= 15 is 0 Å². The molecular formula is C25H35NO. The first-order valence-corrected chi connectivity index (χ1v) is 10.2. The number of fused-ring (bicyclic) bond motifs is 3. The molecule has 0 spiro atoms. The van der Waals surface area contributed by atoms with Crippen molar-refractivity contribution in [3.63, 3.8) is 0 Å². The zero-order valence-electron chi connectivity index (χ0n) is 18.1. The normalized spacial score (nSPS) is 13.0. The fourth-order valence-corrected chi connectivity index (χ4v) is 4.10. The van der Waals surface area contributed by atoms with Crippen molar-refractivity contribution in [1.29, 1.82) is 0 Å². The Morgan fingerprint density at radius 3 is 1.81 bits per heavy atom. The van der Waals surface area contributed by atoms with Gasteiger partial charge < -0.3 is 9.30 Å². The molecule has 0 aliphatic carbocycles. The van der Waals surface area contributed by atoms with E-state index in [1.807, 2.05) is 7.11 Å². The molecule has 3 rings (SSSR count). The summed E-state index contributed by atoms with van der Waals surface area (Å²) in [4.78, 5) is 0. The van der Waals surface area contributed by atoms with Crippen LogP contribution in [0.15, 0.2) is 36.4 Å². The molecule has 27 heavy (non-hydrogen) atoms. The highest BCUT2D eigenvalue weighted by atomic mass is 16.5. The van der Waals surface area contributed by atoms with E-state index in [0.717, 1.165) is 13.0 Å². The molecule has 0 aliphatic heterocycles. The quantitative estimate of drug-likeness (QED) is 0.438. The molecule has 0 bridgehead atoms. The lowest BCUT2D eigenvalue weighted by Gasteiger charge is -2.29. The van der Waals surface area contributed by atoms with Gasteiger partial charge in [0.25, 0.3) is 0 Å². The highest BCUT2D eigenvalue weighted by Gasteiger charge is 2.24. The summed E-state index contributed by atoms with van der Waals surface area (Å²) in [7, 11) is 1.81. The van der Waals surface area contributed by atoms with E-state index in [1.54, 1.807) is 0 Å². The van der Waals surface area contributed by atoms with Crippen LogP contribution in [0.3, 0.4) is 0 Å². The van der Waals surface area contributed by atoms with E-state index in [9.17, 15) is 0 Å². The average molecular weight is 366 g/mol. The van der Waals surface area contributed by atoms with Crippen molar-refractivity contribution in [1.82, 2.24) is 4.57 Å². The molecule has 1 aromatic heterocycles. The van der Waals surface area contributed by atoms with Gasteiger partial charge in [-0.1, -0.05) is 43.5 Å². The lowest BCUT2D eigenvalue weighted by molar-refractivity contribution is 0.0112. The maximum absolute atomic E-state index is 5.59. The van der Waals surface area contributed by atoms with Gasteiger partial charge in [-0.3, -0.25) is 0 Å². The van der Waals surface area contributed by atoms with Crippen molar-refractivity contribution in [2.75, 3.05) is 7.11 Å². The monoisotopic (exact) mass is 365 g/mol. The fourth-order valence-electron chi connectivity index (χ4n) is 4.10. The Morgan fingerprint density at radius 2 is 1.33 bits per heavy atom. The molecule has 2 aromatic carbocycles. The number of hydrogen-bond acceptors (Lipinski definition) is 1. The van der Waals surface area contributed by atoms with Gasteiger partial charge in [-0.15, -0.1) is 0 Å². The first-order chi connectivity index (χ1) is 12.6. The predicted octanol–water partition coefficient (Wildman–Crippen LogP) is 7.03. The molecule has 0 unspecified atom stereocenters. The van der Waals surface area contributed by atoms with Gasteiger partial charge >= 0.3 is 0 Å². The molecule has 0 saturated heterocycles. The molecule has 0 fully saturated rings. The van der Waals surface area contributed by atoms with Gasteiger partial charge in [-0.25, -0.2) is 0 Å². The molecular weight excluding hydrogens is 330 g/mol. The van der Waals surface area contributed by atoms with Crippen molar-refractivity contribution in [3.05, 3.63) is 47.5 Å². The van der Waals surface area contributed by atoms with Crippen molar-refractivity contribution in [3.8, 4) is 0 Å². The van der Waals surface area contributed by atoms with Crippen LogP contribution in [0, 0.1) is 19.3 Å². The number of rotatable bonds is 7. The molecule has 3 aromatic rings. The van der Waals surface area contributed by atoms with E-state index in [1.165, 1.54) is 45.8 Å². The Labute approximate surface area is 164 Å². The average Bonchev–Trinajstić information content (AvgIpc) is 2.86. The standard InChI is InChI=1S/C25H35NO/c1-18-9-11-22-20(15-18)21-16-19(2)10-12-23(21)26(22)17-24(3,4)13-8-14-25(5,6)27-7/h9-12,15-16H,8,13-14,17H2,1-7H3. The number of benzene rings is 2. The summed E-state index contributed by atoms with van der Waals surface area (Å²) in [5.41, 5.74) is 5.56. The number of hydrogen-bond donors (Lipinski definition) is 0. The topological polar surface area (TPSA) is 14.2 Å². The minimum absolute atomic E-state index is 0.0298. The summed E-state index contributed by atoms with van der Waals surface area (Å²) < 4.78 is 8.12. The molecule has 0 amide bonds. The Bertz CT molecular complexity index is 887. The van der Waals surface area contributed by atoms with Gasteiger partial charge in [0.15, 0.2) is 0 Å². The number of aromatic nitrogens is 1. The van der Waals surface area contributed by atoms with Gasteiger partial charge in [0, 0.05) is 35.5 Å². The van der Waals surface area contributed by atoms with Crippen LogP contribution in [0.1, 0.15) is 58.1 Å². The third kappa shape index (κ3) is 4.38. The molecule has 0 radical (unpaired) electrons. The second-order valence-electron chi connectivity index (χ2n) is 9.61. The lowest BCUT2D eigenvalue weighted by atomic mass is 9.85. The minimum Gasteiger partial charge on any atom is -0.379 e. The van der Waals surface area contributed by atoms with Crippen LogP contribution < -0.4 is 0 Å². The molecule has 146 valence electrons. The molecule has 0 aliphatic rings. The Balaban J connectivity index is 1.93. The zero-order chi connectivity index (χ0) is 19.8. The van der Waals surface area contributed by atoms with Gasteiger partial charge in [0.05, 0.1) is 5.60 Å². The van der Waals surface area contributed by atoms with Crippen molar-refractivity contribution in [2.24, 2.45) is 5.41 Å². The fraction of sp³-hybridized carbons (Fsp3) is 0.520. The number of methoxy groups -OCH3 is 1. The summed E-state index contributed by atoms with van der Waals surface area (Å²) in [6.45, 7) is 14.5. The SMILES string of the molecule is COC(C)(C)CCCC(C)(C)Cn1c2ccc(C)cc2c2cc(C)ccc21. The van der Waals surface area contributed by atoms with Gasteiger partial charge in [-0.05, 0) is 70.2 Å². The Morgan fingerprint density at radius 1 is 0.815 bits per heavy atom. The smallest absolute Gasteiger partial charge is 0.0622 e. The largest absolute Gasteiger partial charge is 0.379 e.